The van der Waals surface area contributed by atoms with Crippen molar-refractivity contribution in [1.82, 2.24) is 0 Å². The zero-order valence-electron chi connectivity index (χ0n) is 19.8. The number of rotatable bonds is 16. The molecule has 0 aliphatic carbocycles. The third-order valence-corrected chi connectivity index (χ3v) is 6.10. The molecule has 2 aromatic rings. The summed E-state index contributed by atoms with van der Waals surface area (Å²) in [5.41, 5.74) is 1.65. The van der Waals surface area contributed by atoms with Crippen LogP contribution < -0.4 is 0 Å². The number of nitro groups is 2. The zero-order valence-corrected chi connectivity index (χ0v) is 19.8. The van der Waals surface area contributed by atoms with Gasteiger partial charge in [-0.1, -0.05) is 88.8 Å². The first kappa shape index (κ1) is 26.5. The van der Waals surface area contributed by atoms with E-state index in [0.29, 0.717) is 24.3 Å². The van der Waals surface area contributed by atoms with E-state index in [9.17, 15) is 20.2 Å². The second-order valence-corrected chi connectivity index (χ2v) is 8.55. The molecule has 0 aromatic heterocycles. The maximum Gasteiger partial charge on any atom is 0.272 e. The lowest BCUT2D eigenvalue weighted by Gasteiger charge is -2.21. The number of ether oxygens (including phenoxy) is 1. The van der Waals surface area contributed by atoms with Gasteiger partial charge in [-0.15, -0.1) is 0 Å². The summed E-state index contributed by atoms with van der Waals surface area (Å²) in [5.74, 6) is -0.166. The minimum absolute atomic E-state index is 0.0831. The molecule has 0 saturated heterocycles. The van der Waals surface area contributed by atoms with Gasteiger partial charge in [-0.25, -0.2) is 0 Å². The monoisotopic (exact) mass is 456 g/mol. The molecule has 7 heteroatoms. The largest absolute Gasteiger partial charge is 0.380 e. The first-order valence-corrected chi connectivity index (χ1v) is 12.0. The summed E-state index contributed by atoms with van der Waals surface area (Å²) in [4.78, 5) is 22.5. The van der Waals surface area contributed by atoms with E-state index in [4.69, 9.17) is 4.74 Å². The van der Waals surface area contributed by atoms with Crippen LogP contribution >= 0.6 is 0 Å². The molecule has 33 heavy (non-hydrogen) atoms. The Morgan fingerprint density at radius 2 is 1.09 bits per heavy atom. The zero-order chi connectivity index (χ0) is 24.1. The van der Waals surface area contributed by atoms with Crippen LogP contribution in [0, 0.1) is 20.2 Å². The van der Waals surface area contributed by atoms with E-state index < -0.39 is 0 Å². The predicted molar refractivity (Wildman–Crippen MR) is 131 cm³/mol. The summed E-state index contributed by atoms with van der Waals surface area (Å²) in [6.45, 7) is 4.98. The number of nitrogens with zero attached hydrogens (tertiary/aromatic N) is 2. The van der Waals surface area contributed by atoms with Gasteiger partial charge in [0.05, 0.1) is 23.1 Å². The molecule has 2 unspecified atom stereocenters. The Kier molecular flexibility index (Phi) is 11.5. The maximum atomic E-state index is 11.6. The van der Waals surface area contributed by atoms with Crippen molar-refractivity contribution in [3.63, 3.8) is 0 Å². The topological polar surface area (TPSA) is 95.5 Å². The lowest BCUT2D eigenvalue weighted by molar-refractivity contribution is -0.385. The van der Waals surface area contributed by atoms with Crippen LogP contribution in [0.25, 0.3) is 0 Å². The Hall–Kier alpha value is -2.80. The Bertz CT molecular complexity index is 815. The van der Waals surface area contributed by atoms with Crippen molar-refractivity contribution in [3.8, 4) is 0 Å². The summed E-state index contributed by atoms with van der Waals surface area (Å²) in [6, 6.07) is 13.8. The van der Waals surface area contributed by atoms with Gasteiger partial charge in [-0.05, 0) is 12.8 Å². The van der Waals surface area contributed by atoms with Crippen LogP contribution in [0.1, 0.15) is 88.2 Å². The predicted octanol–water partition coefficient (Wildman–Crippen LogP) is 7.55. The molecular weight excluding hydrogens is 420 g/mol. The Morgan fingerprint density at radius 3 is 1.45 bits per heavy atom. The average Bonchev–Trinajstić information content (AvgIpc) is 2.82. The van der Waals surface area contributed by atoms with Crippen molar-refractivity contribution in [1.29, 1.82) is 0 Å². The van der Waals surface area contributed by atoms with Gasteiger partial charge in [0.1, 0.15) is 0 Å². The summed E-state index contributed by atoms with van der Waals surface area (Å²) < 4.78 is 6.15. The number of benzene rings is 2. The highest BCUT2D eigenvalue weighted by atomic mass is 16.6. The molecule has 0 aliphatic heterocycles. The molecule has 0 heterocycles. The average molecular weight is 457 g/mol. The van der Waals surface area contributed by atoms with Gasteiger partial charge < -0.3 is 4.74 Å². The highest BCUT2D eigenvalue weighted by Gasteiger charge is 2.24. The molecule has 2 atom stereocenters. The van der Waals surface area contributed by atoms with Crippen LogP contribution in [-0.4, -0.2) is 23.1 Å². The van der Waals surface area contributed by atoms with Crippen molar-refractivity contribution in [2.45, 2.75) is 77.0 Å². The first-order chi connectivity index (χ1) is 16.0. The standard InChI is InChI=1S/C26H36N2O5/c1-3-5-7-13-21(23-15-9-11-17-25(23)27(29)30)19-33-20-22(14-8-6-4-2)24-16-10-12-18-26(24)28(31)32/h9-12,15-18,21-22H,3-8,13-14,19-20H2,1-2H3. The Balaban J connectivity index is 2.18. The summed E-state index contributed by atoms with van der Waals surface area (Å²) >= 11 is 0. The molecular formula is C26H36N2O5. The van der Waals surface area contributed by atoms with Crippen molar-refractivity contribution >= 4 is 11.4 Å². The molecule has 0 fully saturated rings. The van der Waals surface area contributed by atoms with Gasteiger partial charge in [0.15, 0.2) is 0 Å². The molecule has 0 bridgehead atoms. The van der Waals surface area contributed by atoms with Gasteiger partial charge >= 0.3 is 0 Å². The van der Waals surface area contributed by atoms with Crippen molar-refractivity contribution in [2.75, 3.05) is 13.2 Å². The Labute approximate surface area is 196 Å². The number of hydrogen-bond acceptors (Lipinski definition) is 5. The van der Waals surface area contributed by atoms with E-state index in [0.717, 1.165) is 51.4 Å². The van der Waals surface area contributed by atoms with Gasteiger partial charge in [0.2, 0.25) is 0 Å². The van der Waals surface area contributed by atoms with Crippen LogP contribution in [-0.2, 0) is 4.74 Å². The number of nitro benzene ring substituents is 2. The second-order valence-electron chi connectivity index (χ2n) is 8.55. The molecule has 0 N–H and O–H groups in total. The van der Waals surface area contributed by atoms with Crippen molar-refractivity contribution in [3.05, 3.63) is 79.9 Å². The van der Waals surface area contributed by atoms with Crippen LogP contribution in [0.4, 0.5) is 11.4 Å². The number of unbranched alkanes of at least 4 members (excludes halogenated alkanes) is 4. The highest BCUT2D eigenvalue weighted by Crippen LogP contribution is 2.33. The quantitative estimate of drug-likeness (QED) is 0.148. The molecule has 0 aliphatic rings. The molecule has 2 rings (SSSR count). The summed E-state index contributed by atoms with van der Waals surface area (Å²) in [5, 5.41) is 23.1. The van der Waals surface area contributed by atoms with Crippen LogP contribution in [0.3, 0.4) is 0 Å². The number of para-hydroxylation sites is 2. The summed E-state index contributed by atoms with van der Waals surface area (Å²) in [7, 11) is 0. The first-order valence-electron chi connectivity index (χ1n) is 12.0. The minimum atomic E-state index is -0.330. The molecule has 2 aromatic carbocycles. The number of hydrogen-bond donors (Lipinski definition) is 0. The fourth-order valence-corrected chi connectivity index (χ4v) is 4.29. The van der Waals surface area contributed by atoms with Crippen molar-refractivity contribution in [2.24, 2.45) is 0 Å². The molecule has 7 nitrogen and oxygen atoms in total. The van der Waals surface area contributed by atoms with Crippen LogP contribution in [0.5, 0.6) is 0 Å². The molecule has 0 saturated carbocycles. The van der Waals surface area contributed by atoms with Crippen molar-refractivity contribution < 1.29 is 14.6 Å². The SMILES string of the molecule is CCCCCC(COCC(CCCCC)c1ccccc1[N+](=O)[O-])c1ccccc1[N+](=O)[O-]. The van der Waals surface area contributed by atoms with Gasteiger partial charge in [-0.3, -0.25) is 20.2 Å². The maximum absolute atomic E-state index is 11.6. The smallest absolute Gasteiger partial charge is 0.272 e. The third-order valence-electron chi connectivity index (χ3n) is 6.10. The highest BCUT2D eigenvalue weighted by molar-refractivity contribution is 5.43. The molecule has 180 valence electrons. The van der Waals surface area contributed by atoms with E-state index in [1.54, 1.807) is 24.3 Å². The molecule has 0 radical (unpaired) electrons. The molecule has 0 amide bonds. The summed E-state index contributed by atoms with van der Waals surface area (Å²) in [6.07, 6.45) is 7.83. The molecule has 0 spiro atoms. The van der Waals surface area contributed by atoms with E-state index >= 15 is 0 Å². The Morgan fingerprint density at radius 1 is 0.697 bits per heavy atom. The van der Waals surface area contributed by atoms with Crippen LogP contribution in [0.15, 0.2) is 48.5 Å². The lowest BCUT2D eigenvalue weighted by atomic mass is 9.91. The lowest BCUT2D eigenvalue weighted by Crippen LogP contribution is -2.15. The van der Waals surface area contributed by atoms with Crippen LogP contribution in [0.2, 0.25) is 0 Å². The van der Waals surface area contributed by atoms with E-state index in [-0.39, 0.29) is 33.1 Å². The van der Waals surface area contributed by atoms with Gasteiger partial charge in [-0.2, -0.15) is 0 Å². The fraction of sp³-hybridized carbons (Fsp3) is 0.538. The fourth-order valence-electron chi connectivity index (χ4n) is 4.29. The normalized spacial score (nSPS) is 12.9. The van der Waals surface area contributed by atoms with Gasteiger partial charge in [0.25, 0.3) is 11.4 Å². The van der Waals surface area contributed by atoms with Gasteiger partial charge in [0, 0.05) is 35.1 Å². The second kappa shape index (κ2) is 14.4. The van der Waals surface area contributed by atoms with E-state index in [1.165, 1.54) is 0 Å². The van der Waals surface area contributed by atoms with E-state index in [1.807, 2.05) is 24.3 Å². The van der Waals surface area contributed by atoms with E-state index in [2.05, 4.69) is 13.8 Å². The third kappa shape index (κ3) is 8.24. The minimum Gasteiger partial charge on any atom is -0.380 e.